The number of hydrogen-bond acceptors (Lipinski definition) is 4. The second-order valence-corrected chi connectivity index (χ2v) is 7.78. The second-order valence-electron chi connectivity index (χ2n) is 7.34. The third-order valence-electron chi connectivity index (χ3n) is 5.41. The Morgan fingerprint density at radius 3 is 2.39 bits per heavy atom. The minimum absolute atomic E-state index is 0. The summed E-state index contributed by atoms with van der Waals surface area (Å²) in [6, 6.07) is 18.2. The number of nitrogens with zero attached hydrogens (tertiary/aromatic N) is 2. The Balaban J connectivity index is 0.00000341. The van der Waals surface area contributed by atoms with Crippen molar-refractivity contribution in [2.75, 3.05) is 53.0 Å². The summed E-state index contributed by atoms with van der Waals surface area (Å²) in [5, 5.41) is 17.3. The second kappa shape index (κ2) is 13.9. The first-order chi connectivity index (χ1) is 14.7. The SMILES string of the molecule is CN=C(NCC(CO)c1ccccc1)NCC(c1cccc(Cl)c1)N1CCOCC1.I. The highest BCUT2D eigenvalue weighted by molar-refractivity contribution is 14.0. The van der Waals surface area contributed by atoms with Crippen molar-refractivity contribution in [2.24, 2.45) is 4.99 Å². The molecule has 2 unspecified atom stereocenters. The summed E-state index contributed by atoms with van der Waals surface area (Å²) in [5.74, 6) is 0.720. The van der Waals surface area contributed by atoms with E-state index in [-0.39, 0.29) is 42.5 Å². The Labute approximate surface area is 207 Å². The fourth-order valence-corrected chi connectivity index (χ4v) is 3.91. The molecule has 2 atom stereocenters. The van der Waals surface area contributed by atoms with Gasteiger partial charge in [-0.2, -0.15) is 0 Å². The van der Waals surface area contributed by atoms with E-state index in [4.69, 9.17) is 16.3 Å². The summed E-state index contributed by atoms with van der Waals surface area (Å²) in [4.78, 5) is 6.77. The highest BCUT2D eigenvalue weighted by Gasteiger charge is 2.23. The van der Waals surface area contributed by atoms with Gasteiger partial charge < -0.3 is 20.5 Å². The van der Waals surface area contributed by atoms with Crippen molar-refractivity contribution >= 4 is 41.5 Å². The summed E-state index contributed by atoms with van der Waals surface area (Å²) in [6.07, 6.45) is 0. The summed E-state index contributed by atoms with van der Waals surface area (Å²) < 4.78 is 5.53. The van der Waals surface area contributed by atoms with Gasteiger partial charge in [0, 0.05) is 44.2 Å². The van der Waals surface area contributed by atoms with Gasteiger partial charge in [0.1, 0.15) is 0 Å². The molecule has 0 aromatic heterocycles. The van der Waals surface area contributed by atoms with Crippen LogP contribution in [0.15, 0.2) is 59.6 Å². The normalized spacial score (nSPS) is 16.8. The van der Waals surface area contributed by atoms with E-state index in [1.54, 1.807) is 7.05 Å². The van der Waals surface area contributed by atoms with E-state index < -0.39 is 0 Å². The quantitative estimate of drug-likeness (QED) is 0.264. The lowest BCUT2D eigenvalue weighted by Gasteiger charge is -2.35. The van der Waals surface area contributed by atoms with E-state index in [1.165, 1.54) is 5.56 Å². The van der Waals surface area contributed by atoms with Gasteiger partial charge in [0.05, 0.1) is 25.9 Å². The van der Waals surface area contributed by atoms with Crippen molar-refractivity contribution in [3.05, 3.63) is 70.7 Å². The molecule has 0 radical (unpaired) electrons. The summed E-state index contributed by atoms with van der Waals surface area (Å²) in [7, 11) is 1.76. The maximum absolute atomic E-state index is 9.80. The summed E-state index contributed by atoms with van der Waals surface area (Å²) in [5.41, 5.74) is 2.28. The third kappa shape index (κ3) is 7.91. The zero-order valence-electron chi connectivity index (χ0n) is 17.8. The molecule has 0 amide bonds. The van der Waals surface area contributed by atoms with E-state index in [0.717, 1.165) is 36.9 Å². The summed E-state index contributed by atoms with van der Waals surface area (Å²) >= 11 is 6.25. The van der Waals surface area contributed by atoms with Crippen molar-refractivity contribution in [2.45, 2.75) is 12.0 Å². The number of guanidine groups is 1. The maximum Gasteiger partial charge on any atom is 0.191 e. The number of hydrogen-bond donors (Lipinski definition) is 3. The van der Waals surface area contributed by atoms with Crippen LogP contribution in [0.2, 0.25) is 5.02 Å². The number of rotatable bonds is 8. The summed E-state index contributed by atoms with van der Waals surface area (Å²) in [6.45, 7) is 4.59. The Kier molecular flexibility index (Phi) is 11.6. The molecular formula is C23H32ClIN4O2. The number of morpholine rings is 1. The number of aliphatic imine (C=N–C) groups is 1. The number of halogens is 2. The fraction of sp³-hybridized carbons (Fsp3) is 0.435. The molecule has 170 valence electrons. The number of aliphatic hydroxyl groups is 1. The van der Waals surface area contributed by atoms with Gasteiger partial charge in [-0.1, -0.05) is 54.1 Å². The molecule has 31 heavy (non-hydrogen) atoms. The molecule has 3 rings (SSSR count). The molecule has 2 aromatic carbocycles. The van der Waals surface area contributed by atoms with Crippen LogP contribution in [0.3, 0.4) is 0 Å². The third-order valence-corrected chi connectivity index (χ3v) is 5.65. The molecule has 1 saturated heterocycles. The van der Waals surface area contributed by atoms with E-state index in [9.17, 15) is 5.11 Å². The van der Waals surface area contributed by atoms with Crippen LogP contribution in [0.1, 0.15) is 23.1 Å². The average Bonchev–Trinajstić information content (AvgIpc) is 2.79. The van der Waals surface area contributed by atoms with Crippen LogP contribution in [-0.4, -0.2) is 69.0 Å². The molecule has 1 heterocycles. The van der Waals surface area contributed by atoms with Crippen LogP contribution >= 0.6 is 35.6 Å². The lowest BCUT2D eigenvalue weighted by molar-refractivity contribution is 0.0170. The van der Waals surface area contributed by atoms with Crippen molar-refractivity contribution in [1.82, 2.24) is 15.5 Å². The van der Waals surface area contributed by atoms with Crippen LogP contribution in [0.25, 0.3) is 0 Å². The van der Waals surface area contributed by atoms with Crippen LogP contribution < -0.4 is 10.6 Å². The van der Waals surface area contributed by atoms with Gasteiger partial charge >= 0.3 is 0 Å². The van der Waals surface area contributed by atoms with Crippen molar-refractivity contribution in [3.8, 4) is 0 Å². The van der Waals surface area contributed by atoms with Gasteiger partial charge in [-0.05, 0) is 23.3 Å². The highest BCUT2D eigenvalue weighted by atomic mass is 127. The standard InChI is InChI=1S/C23H31ClN4O2.HI/c1-25-23(26-15-20(17-29)18-6-3-2-4-7-18)27-16-22(28-10-12-30-13-11-28)19-8-5-9-21(24)14-19;/h2-9,14,20,22,29H,10-13,15-17H2,1H3,(H2,25,26,27);1H. The van der Waals surface area contributed by atoms with E-state index in [1.807, 2.05) is 48.5 Å². The predicted octanol–water partition coefficient (Wildman–Crippen LogP) is 3.27. The van der Waals surface area contributed by atoms with E-state index in [0.29, 0.717) is 19.0 Å². The number of aliphatic hydroxyl groups excluding tert-OH is 1. The van der Waals surface area contributed by atoms with E-state index >= 15 is 0 Å². The van der Waals surface area contributed by atoms with Gasteiger partial charge in [-0.3, -0.25) is 9.89 Å². The monoisotopic (exact) mass is 558 g/mol. The Morgan fingerprint density at radius 2 is 1.74 bits per heavy atom. The molecule has 8 heteroatoms. The van der Waals surface area contributed by atoms with Gasteiger partial charge in [-0.15, -0.1) is 24.0 Å². The van der Waals surface area contributed by atoms with Crippen molar-refractivity contribution in [1.29, 1.82) is 0 Å². The maximum atomic E-state index is 9.80. The minimum atomic E-state index is 0. The lowest BCUT2D eigenvalue weighted by atomic mass is 10.0. The molecule has 1 fully saturated rings. The van der Waals surface area contributed by atoms with Crippen LogP contribution in [0, 0.1) is 0 Å². The first kappa shape index (κ1) is 25.9. The zero-order chi connectivity index (χ0) is 21.2. The molecule has 2 aromatic rings. The minimum Gasteiger partial charge on any atom is -0.396 e. The molecule has 0 bridgehead atoms. The average molecular weight is 559 g/mol. The van der Waals surface area contributed by atoms with Crippen LogP contribution in [0.5, 0.6) is 0 Å². The van der Waals surface area contributed by atoms with Gasteiger partial charge in [0.25, 0.3) is 0 Å². The Morgan fingerprint density at radius 1 is 1.06 bits per heavy atom. The van der Waals surface area contributed by atoms with E-state index in [2.05, 4.69) is 26.6 Å². The highest BCUT2D eigenvalue weighted by Crippen LogP contribution is 2.24. The first-order valence-electron chi connectivity index (χ1n) is 10.4. The zero-order valence-corrected chi connectivity index (χ0v) is 20.9. The Bertz CT molecular complexity index is 803. The molecule has 0 saturated carbocycles. The molecule has 0 aliphatic carbocycles. The van der Waals surface area contributed by atoms with Gasteiger partial charge in [0.2, 0.25) is 0 Å². The largest absolute Gasteiger partial charge is 0.396 e. The van der Waals surface area contributed by atoms with Crippen molar-refractivity contribution < 1.29 is 9.84 Å². The topological polar surface area (TPSA) is 69.1 Å². The number of ether oxygens (including phenoxy) is 1. The molecule has 1 aliphatic rings. The van der Waals surface area contributed by atoms with Crippen molar-refractivity contribution in [3.63, 3.8) is 0 Å². The molecular weight excluding hydrogens is 527 g/mol. The molecule has 6 nitrogen and oxygen atoms in total. The number of benzene rings is 2. The van der Waals surface area contributed by atoms with Gasteiger partial charge in [0.15, 0.2) is 5.96 Å². The first-order valence-corrected chi connectivity index (χ1v) is 10.8. The molecule has 0 spiro atoms. The predicted molar refractivity (Wildman–Crippen MR) is 138 cm³/mol. The molecule has 1 aliphatic heterocycles. The van der Waals surface area contributed by atoms with Crippen LogP contribution in [0.4, 0.5) is 0 Å². The smallest absolute Gasteiger partial charge is 0.191 e. The Hall–Kier alpha value is -1.39. The lowest BCUT2D eigenvalue weighted by Crippen LogP contribution is -2.47. The fourth-order valence-electron chi connectivity index (χ4n) is 3.71. The van der Waals surface area contributed by atoms with Crippen LogP contribution in [-0.2, 0) is 4.74 Å². The number of nitrogens with one attached hydrogen (secondary N) is 2. The van der Waals surface area contributed by atoms with Gasteiger partial charge in [-0.25, -0.2) is 0 Å². The molecule has 3 N–H and O–H groups in total.